The zero-order valence-electron chi connectivity index (χ0n) is 12.4. The van der Waals surface area contributed by atoms with Gasteiger partial charge in [0.2, 0.25) is 5.88 Å². The molecule has 1 aliphatic heterocycles. The molecule has 2 heterocycles. The lowest BCUT2D eigenvalue weighted by Crippen LogP contribution is -2.46. The lowest BCUT2D eigenvalue weighted by atomic mass is 9.98. The molecule has 21 heavy (non-hydrogen) atoms. The van der Waals surface area contributed by atoms with E-state index in [4.69, 9.17) is 4.74 Å². The normalized spacial score (nSPS) is 20.3. The topological polar surface area (TPSA) is 54.5 Å². The van der Waals surface area contributed by atoms with Gasteiger partial charge in [0.05, 0.1) is 0 Å². The van der Waals surface area contributed by atoms with Gasteiger partial charge in [0.15, 0.2) is 0 Å². The highest BCUT2D eigenvalue weighted by atomic mass is 16.5. The average molecular weight is 289 g/mol. The number of hydrogen-bond acceptors (Lipinski definition) is 4. The van der Waals surface area contributed by atoms with Gasteiger partial charge in [0, 0.05) is 44.0 Å². The fourth-order valence-electron chi connectivity index (χ4n) is 3.01. The Morgan fingerprint density at radius 3 is 2.76 bits per heavy atom. The van der Waals surface area contributed by atoms with Gasteiger partial charge in [-0.3, -0.25) is 4.79 Å². The summed E-state index contributed by atoms with van der Waals surface area (Å²) in [6, 6.07) is 3.57. The zero-order valence-corrected chi connectivity index (χ0v) is 12.4. The molecule has 1 aromatic rings. The minimum absolute atomic E-state index is 0.0763. The van der Waals surface area contributed by atoms with E-state index in [-0.39, 0.29) is 12.0 Å². The second kappa shape index (κ2) is 6.89. The van der Waals surface area contributed by atoms with E-state index in [0.717, 1.165) is 39.0 Å². The summed E-state index contributed by atoms with van der Waals surface area (Å²) in [4.78, 5) is 18.6. The third-order valence-corrected chi connectivity index (χ3v) is 4.23. The zero-order chi connectivity index (χ0) is 14.5. The maximum absolute atomic E-state index is 12.5. The van der Waals surface area contributed by atoms with Crippen LogP contribution in [0, 0.1) is 0 Å². The molecular weight excluding hydrogens is 266 g/mol. The number of rotatable bonds is 3. The Morgan fingerprint density at radius 1 is 1.24 bits per heavy atom. The first-order chi connectivity index (χ1) is 10.3. The van der Waals surface area contributed by atoms with Gasteiger partial charge in [-0.25, -0.2) is 4.98 Å². The minimum atomic E-state index is 0.0763. The van der Waals surface area contributed by atoms with E-state index in [1.165, 1.54) is 19.3 Å². The number of piperazine rings is 1. The Morgan fingerprint density at radius 2 is 2.00 bits per heavy atom. The minimum Gasteiger partial charge on any atom is -0.474 e. The molecule has 5 nitrogen and oxygen atoms in total. The highest BCUT2D eigenvalue weighted by Gasteiger charge is 2.20. The molecule has 0 bridgehead atoms. The highest BCUT2D eigenvalue weighted by molar-refractivity contribution is 5.94. The molecular formula is C16H23N3O2. The van der Waals surface area contributed by atoms with Crippen LogP contribution in [0.25, 0.3) is 0 Å². The Labute approximate surface area is 125 Å². The van der Waals surface area contributed by atoms with Gasteiger partial charge in [0.1, 0.15) is 6.10 Å². The third-order valence-electron chi connectivity index (χ3n) is 4.23. The summed E-state index contributed by atoms with van der Waals surface area (Å²) >= 11 is 0. The van der Waals surface area contributed by atoms with Crippen LogP contribution in [-0.4, -0.2) is 48.1 Å². The lowest BCUT2D eigenvalue weighted by molar-refractivity contribution is 0.0734. The van der Waals surface area contributed by atoms with Gasteiger partial charge >= 0.3 is 0 Å². The average Bonchev–Trinajstić information content (AvgIpc) is 2.56. The van der Waals surface area contributed by atoms with Crippen LogP contribution in [0.4, 0.5) is 0 Å². The quantitative estimate of drug-likeness (QED) is 0.922. The van der Waals surface area contributed by atoms with Crippen molar-refractivity contribution in [2.75, 3.05) is 26.2 Å². The van der Waals surface area contributed by atoms with Crippen molar-refractivity contribution >= 4 is 5.91 Å². The van der Waals surface area contributed by atoms with Crippen molar-refractivity contribution in [1.82, 2.24) is 15.2 Å². The molecule has 0 radical (unpaired) electrons. The van der Waals surface area contributed by atoms with Gasteiger partial charge in [-0.1, -0.05) is 6.42 Å². The Bertz CT molecular complexity index is 480. The van der Waals surface area contributed by atoms with E-state index in [1.807, 2.05) is 4.90 Å². The molecule has 114 valence electrons. The summed E-state index contributed by atoms with van der Waals surface area (Å²) in [5.41, 5.74) is 0.678. The van der Waals surface area contributed by atoms with Crippen molar-refractivity contribution in [3.05, 3.63) is 23.9 Å². The summed E-state index contributed by atoms with van der Waals surface area (Å²) in [6.45, 7) is 3.25. The second-order valence-electron chi connectivity index (χ2n) is 5.80. The van der Waals surface area contributed by atoms with Crippen LogP contribution in [-0.2, 0) is 0 Å². The Hall–Kier alpha value is -1.62. The van der Waals surface area contributed by atoms with Crippen LogP contribution < -0.4 is 10.1 Å². The summed E-state index contributed by atoms with van der Waals surface area (Å²) in [7, 11) is 0. The monoisotopic (exact) mass is 289 g/mol. The first-order valence-electron chi connectivity index (χ1n) is 7.95. The molecule has 5 heteroatoms. The highest BCUT2D eigenvalue weighted by Crippen LogP contribution is 2.22. The van der Waals surface area contributed by atoms with Crippen molar-refractivity contribution in [2.24, 2.45) is 0 Å². The van der Waals surface area contributed by atoms with Crippen molar-refractivity contribution in [2.45, 2.75) is 38.2 Å². The molecule has 1 N–H and O–H groups in total. The van der Waals surface area contributed by atoms with Crippen molar-refractivity contribution < 1.29 is 9.53 Å². The number of ether oxygens (including phenoxy) is 1. The van der Waals surface area contributed by atoms with E-state index in [1.54, 1.807) is 18.3 Å². The molecule has 1 aromatic heterocycles. The molecule has 1 amide bonds. The number of amides is 1. The Balaban J connectivity index is 1.65. The van der Waals surface area contributed by atoms with E-state index in [0.29, 0.717) is 11.4 Å². The first kappa shape index (κ1) is 14.3. The maximum Gasteiger partial charge on any atom is 0.254 e. The molecule has 2 fully saturated rings. The molecule has 0 aromatic carbocycles. The van der Waals surface area contributed by atoms with Gasteiger partial charge in [-0.15, -0.1) is 0 Å². The molecule has 1 saturated carbocycles. The van der Waals surface area contributed by atoms with Gasteiger partial charge in [0.25, 0.3) is 5.91 Å². The third kappa shape index (κ3) is 3.73. The van der Waals surface area contributed by atoms with Crippen LogP contribution in [0.1, 0.15) is 42.5 Å². The molecule has 2 aliphatic rings. The second-order valence-corrected chi connectivity index (χ2v) is 5.80. The number of hydrogen-bond donors (Lipinski definition) is 1. The number of nitrogens with one attached hydrogen (secondary N) is 1. The standard InChI is InChI=1S/C16H23N3O2/c20-16(19-10-8-17-9-11-19)13-6-7-18-15(12-13)21-14-4-2-1-3-5-14/h6-7,12,14,17H,1-5,8-11H2. The van der Waals surface area contributed by atoms with Gasteiger partial charge in [-0.05, 0) is 31.7 Å². The Kier molecular flexibility index (Phi) is 4.70. The molecule has 1 aliphatic carbocycles. The fraction of sp³-hybridized carbons (Fsp3) is 0.625. The first-order valence-corrected chi connectivity index (χ1v) is 7.95. The molecule has 0 spiro atoms. The maximum atomic E-state index is 12.5. The summed E-state index contributed by atoms with van der Waals surface area (Å²) in [5.74, 6) is 0.662. The van der Waals surface area contributed by atoms with Crippen LogP contribution in [0.15, 0.2) is 18.3 Å². The van der Waals surface area contributed by atoms with Crippen LogP contribution in [0.5, 0.6) is 5.88 Å². The number of pyridine rings is 1. The van der Waals surface area contributed by atoms with E-state index >= 15 is 0 Å². The van der Waals surface area contributed by atoms with Crippen molar-refractivity contribution in [3.8, 4) is 5.88 Å². The van der Waals surface area contributed by atoms with Gasteiger partial charge in [-0.2, -0.15) is 0 Å². The number of carbonyl (C=O) groups is 1. The van der Waals surface area contributed by atoms with Crippen LogP contribution in [0.2, 0.25) is 0 Å². The number of carbonyl (C=O) groups excluding carboxylic acids is 1. The molecule has 1 saturated heterocycles. The summed E-state index contributed by atoms with van der Waals surface area (Å²) in [6.07, 6.45) is 7.88. The molecule has 3 rings (SSSR count). The van der Waals surface area contributed by atoms with Crippen molar-refractivity contribution in [1.29, 1.82) is 0 Å². The molecule has 0 unspecified atom stereocenters. The largest absolute Gasteiger partial charge is 0.474 e. The van der Waals surface area contributed by atoms with Crippen LogP contribution >= 0.6 is 0 Å². The SMILES string of the molecule is O=C(c1ccnc(OC2CCCCC2)c1)N1CCNCC1. The predicted molar refractivity (Wildman–Crippen MR) is 80.5 cm³/mol. The van der Waals surface area contributed by atoms with Crippen molar-refractivity contribution in [3.63, 3.8) is 0 Å². The fourth-order valence-corrected chi connectivity index (χ4v) is 3.01. The predicted octanol–water partition coefficient (Wildman–Crippen LogP) is 1.84. The number of nitrogens with zero attached hydrogens (tertiary/aromatic N) is 2. The smallest absolute Gasteiger partial charge is 0.254 e. The molecule has 0 atom stereocenters. The number of aromatic nitrogens is 1. The summed E-state index contributed by atoms with van der Waals surface area (Å²) < 4.78 is 5.94. The summed E-state index contributed by atoms with van der Waals surface area (Å²) in [5, 5.41) is 3.26. The van der Waals surface area contributed by atoms with Crippen LogP contribution in [0.3, 0.4) is 0 Å². The van der Waals surface area contributed by atoms with E-state index < -0.39 is 0 Å². The van der Waals surface area contributed by atoms with Gasteiger partial charge < -0.3 is 15.0 Å². The van der Waals surface area contributed by atoms with E-state index in [9.17, 15) is 4.79 Å². The lowest BCUT2D eigenvalue weighted by Gasteiger charge is -2.27. The van der Waals surface area contributed by atoms with E-state index in [2.05, 4.69) is 10.3 Å².